The van der Waals surface area contributed by atoms with Gasteiger partial charge in [0.15, 0.2) is 0 Å². The normalized spacial score (nSPS) is 16.2. The maximum absolute atomic E-state index is 12.0. The Kier molecular flexibility index (Phi) is 3.85. The van der Waals surface area contributed by atoms with Gasteiger partial charge in [-0.15, -0.1) is 0 Å². The van der Waals surface area contributed by atoms with Crippen LogP contribution in [0.5, 0.6) is 0 Å². The van der Waals surface area contributed by atoms with Gasteiger partial charge in [0, 0.05) is 44.3 Å². The molecule has 0 radical (unpaired) electrons. The second-order valence-electron chi connectivity index (χ2n) is 4.83. The number of benzene rings is 1. The SMILES string of the molecule is O=C(CN1CCNCC1)Nc1ccc2nccnc2c1. The summed E-state index contributed by atoms with van der Waals surface area (Å²) in [5.41, 5.74) is 2.37. The third-order valence-corrected chi connectivity index (χ3v) is 3.33. The van der Waals surface area contributed by atoms with E-state index in [4.69, 9.17) is 0 Å². The highest BCUT2D eigenvalue weighted by atomic mass is 16.2. The smallest absolute Gasteiger partial charge is 0.238 e. The van der Waals surface area contributed by atoms with E-state index in [9.17, 15) is 4.79 Å². The molecule has 2 heterocycles. The number of amides is 1. The Labute approximate surface area is 117 Å². The molecule has 0 saturated carbocycles. The summed E-state index contributed by atoms with van der Waals surface area (Å²) in [7, 11) is 0. The standard InChI is InChI=1S/C14H17N5O/c20-14(10-19-7-5-15-6-8-19)18-11-1-2-12-13(9-11)17-4-3-16-12/h1-4,9,15H,5-8,10H2,(H,18,20). The first-order valence-electron chi connectivity index (χ1n) is 6.75. The van der Waals surface area contributed by atoms with Crippen molar-refractivity contribution in [1.82, 2.24) is 20.2 Å². The van der Waals surface area contributed by atoms with E-state index < -0.39 is 0 Å². The van der Waals surface area contributed by atoms with Gasteiger partial charge in [-0.25, -0.2) is 0 Å². The van der Waals surface area contributed by atoms with E-state index in [1.165, 1.54) is 0 Å². The van der Waals surface area contributed by atoms with Gasteiger partial charge in [0.1, 0.15) is 0 Å². The lowest BCUT2D eigenvalue weighted by Crippen LogP contribution is -2.46. The summed E-state index contributed by atoms with van der Waals surface area (Å²) < 4.78 is 0. The Balaban J connectivity index is 1.64. The highest BCUT2D eigenvalue weighted by Crippen LogP contribution is 2.14. The van der Waals surface area contributed by atoms with Gasteiger partial charge in [-0.1, -0.05) is 0 Å². The van der Waals surface area contributed by atoms with E-state index in [2.05, 4.69) is 25.5 Å². The maximum atomic E-state index is 12.0. The molecular formula is C14H17N5O. The molecule has 104 valence electrons. The lowest BCUT2D eigenvalue weighted by Gasteiger charge is -2.26. The molecule has 1 saturated heterocycles. The minimum atomic E-state index is 0.00939. The first-order valence-corrected chi connectivity index (χ1v) is 6.75. The molecule has 6 heteroatoms. The van der Waals surface area contributed by atoms with E-state index >= 15 is 0 Å². The number of rotatable bonds is 3. The molecule has 1 amide bonds. The van der Waals surface area contributed by atoms with Crippen LogP contribution in [-0.2, 0) is 4.79 Å². The number of anilines is 1. The Morgan fingerprint density at radius 3 is 2.75 bits per heavy atom. The van der Waals surface area contributed by atoms with Crippen LogP contribution in [0.3, 0.4) is 0 Å². The van der Waals surface area contributed by atoms with E-state index in [-0.39, 0.29) is 5.91 Å². The molecule has 0 bridgehead atoms. The quantitative estimate of drug-likeness (QED) is 0.849. The molecule has 0 aliphatic carbocycles. The number of fused-ring (bicyclic) bond motifs is 1. The summed E-state index contributed by atoms with van der Waals surface area (Å²) in [5.74, 6) is 0.00939. The Morgan fingerprint density at radius 1 is 1.20 bits per heavy atom. The van der Waals surface area contributed by atoms with Crippen LogP contribution in [0.15, 0.2) is 30.6 Å². The fraction of sp³-hybridized carbons (Fsp3) is 0.357. The van der Waals surface area contributed by atoms with Crippen molar-refractivity contribution in [1.29, 1.82) is 0 Å². The van der Waals surface area contributed by atoms with Gasteiger partial charge in [-0.2, -0.15) is 0 Å². The molecular weight excluding hydrogens is 254 g/mol. The number of piperazine rings is 1. The molecule has 1 aliphatic rings. The largest absolute Gasteiger partial charge is 0.325 e. The predicted molar refractivity (Wildman–Crippen MR) is 77.5 cm³/mol. The number of hydrogen-bond donors (Lipinski definition) is 2. The summed E-state index contributed by atoms with van der Waals surface area (Å²) in [4.78, 5) is 22.6. The molecule has 6 nitrogen and oxygen atoms in total. The van der Waals surface area contributed by atoms with Crippen molar-refractivity contribution in [3.63, 3.8) is 0 Å². The topological polar surface area (TPSA) is 70.2 Å². The number of aromatic nitrogens is 2. The second kappa shape index (κ2) is 5.94. The van der Waals surface area contributed by atoms with Crippen molar-refractivity contribution in [2.75, 3.05) is 38.0 Å². The molecule has 3 rings (SSSR count). The van der Waals surface area contributed by atoms with Gasteiger partial charge in [0.2, 0.25) is 5.91 Å². The van der Waals surface area contributed by atoms with Crippen LogP contribution < -0.4 is 10.6 Å². The zero-order chi connectivity index (χ0) is 13.8. The maximum Gasteiger partial charge on any atom is 0.238 e. The number of hydrogen-bond acceptors (Lipinski definition) is 5. The Hall–Kier alpha value is -2.05. The molecule has 0 unspecified atom stereocenters. The van der Waals surface area contributed by atoms with Crippen molar-refractivity contribution < 1.29 is 4.79 Å². The fourth-order valence-corrected chi connectivity index (χ4v) is 2.31. The lowest BCUT2D eigenvalue weighted by atomic mass is 10.2. The molecule has 20 heavy (non-hydrogen) atoms. The molecule has 0 spiro atoms. The number of carbonyl (C=O) groups is 1. The van der Waals surface area contributed by atoms with Gasteiger partial charge in [0.25, 0.3) is 0 Å². The minimum absolute atomic E-state index is 0.00939. The van der Waals surface area contributed by atoms with E-state index in [1.54, 1.807) is 12.4 Å². The third-order valence-electron chi connectivity index (χ3n) is 3.33. The first kappa shape index (κ1) is 13.0. The molecule has 1 aromatic carbocycles. The van der Waals surface area contributed by atoms with Crippen LogP contribution >= 0.6 is 0 Å². The molecule has 1 aromatic heterocycles. The van der Waals surface area contributed by atoms with Crippen molar-refractivity contribution in [3.8, 4) is 0 Å². The van der Waals surface area contributed by atoms with E-state index in [1.807, 2.05) is 18.2 Å². The Morgan fingerprint density at radius 2 is 1.95 bits per heavy atom. The van der Waals surface area contributed by atoms with Crippen molar-refractivity contribution in [3.05, 3.63) is 30.6 Å². The van der Waals surface area contributed by atoms with Crippen LogP contribution in [-0.4, -0.2) is 53.5 Å². The third kappa shape index (κ3) is 3.09. The lowest BCUT2D eigenvalue weighted by molar-refractivity contribution is -0.117. The minimum Gasteiger partial charge on any atom is -0.325 e. The first-order chi connectivity index (χ1) is 9.81. The predicted octanol–water partition coefficient (Wildman–Crippen LogP) is 0.474. The molecule has 2 aromatic rings. The highest BCUT2D eigenvalue weighted by molar-refractivity contribution is 5.94. The molecule has 1 fully saturated rings. The fourth-order valence-electron chi connectivity index (χ4n) is 2.31. The summed E-state index contributed by atoms with van der Waals surface area (Å²) in [5, 5.41) is 6.18. The van der Waals surface area contributed by atoms with Gasteiger partial charge >= 0.3 is 0 Å². The molecule has 1 aliphatic heterocycles. The number of nitrogens with zero attached hydrogens (tertiary/aromatic N) is 3. The monoisotopic (exact) mass is 271 g/mol. The molecule has 2 N–H and O–H groups in total. The van der Waals surface area contributed by atoms with Gasteiger partial charge in [0.05, 0.1) is 17.6 Å². The molecule has 0 atom stereocenters. The summed E-state index contributed by atoms with van der Waals surface area (Å²) in [6.45, 7) is 4.14. The zero-order valence-corrected chi connectivity index (χ0v) is 11.2. The second-order valence-corrected chi connectivity index (χ2v) is 4.83. The van der Waals surface area contributed by atoms with Crippen molar-refractivity contribution >= 4 is 22.6 Å². The van der Waals surface area contributed by atoms with Gasteiger partial charge in [-0.05, 0) is 18.2 Å². The summed E-state index contributed by atoms with van der Waals surface area (Å²) in [6, 6.07) is 5.56. The van der Waals surface area contributed by atoms with E-state index in [0.717, 1.165) is 42.9 Å². The van der Waals surface area contributed by atoms with Crippen LogP contribution in [0.4, 0.5) is 5.69 Å². The average Bonchev–Trinajstić information content (AvgIpc) is 2.48. The highest BCUT2D eigenvalue weighted by Gasteiger charge is 2.13. The van der Waals surface area contributed by atoms with Gasteiger partial charge in [-0.3, -0.25) is 19.7 Å². The van der Waals surface area contributed by atoms with Crippen LogP contribution in [0.25, 0.3) is 11.0 Å². The van der Waals surface area contributed by atoms with Crippen LogP contribution in [0.1, 0.15) is 0 Å². The number of carbonyl (C=O) groups excluding carboxylic acids is 1. The van der Waals surface area contributed by atoms with Gasteiger partial charge < -0.3 is 10.6 Å². The van der Waals surface area contributed by atoms with Crippen molar-refractivity contribution in [2.24, 2.45) is 0 Å². The Bertz CT molecular complexity index is 609. The zero-order valence-electron chi connectivity index (χ0n) is 11.2. The van der Waals surface area contributed by atoms with Crippen molar-refractivity contribution in [2.45, 2.75) is 0 Å². The summed E-state index contributed by atoms with van der Waals surface area (Å²) >= 11 is 0. The summed E-state index contributed by atoms with van der Waals surface area (Å²) in [6.07, 6.45) is 3.31. The average molecular weight is 271 g/mol. The van der Waals surface area contributed by atoms with Crippen LogP contribution in [0.2, 0.25) is 0 Å². The van der Waals surface area contributed by atoms with E-state index in [0.29, 0.717) is 6.54 Å². The number of nitrogens with one attached hydrogen (secondary N) is 2. The van der Waals surface area contributed by atoms with Crippen LogP contribution in [0, 0.1) is 0 Å².